The number of ether oxygens (including phenoxy) is 1. The van der Waals surface area contributed by atoms with Crippen LogP contribution < -0.4 is 0 Å². The van der Waals surface area contributed by atoms with Crippen LogP contribution >= 0.6 is 0 Å². The zero-order chi connectivity index (χ0) is 20.8. The Balaban J connectivity index is 2.31. The van der Waals surface area contributed by atoms with Crippen LogP contribution in [0, 0.1) is 0 Å². The van der Waals surface area contributed by atoms with E-state index >= 15 is 0 Å². The number of carbonyl (C=O) groups is 1. The maximum absolute atomic E-state index is 10.4. The Morgan fingerprint density at radius 2 is 1.82 bits per heavy atom. The van der Waals surface area contributed by atoms with Crippen molar-refractivity contribution in [2.75, 3.05) is 0 Å². The van der Waals surface area contributed by atoms with Crippen molar-refractivity contribution in [3.05, 3.63) is 48.6 Å². The fourth-order valence-corrected chi connectivity index (χ4v) is 2.84. The number of carboxylic acids is 1. The summed E-state index contributed by atoms with van der Waals surface area (Å²) in [6.45, 7) is 2.03. The Morgan fingerprint density at radius 1 is 1.11 bits per heavy atom. The van der Waals surface area contributed by atoms with E-state index in [-0.39, 0.29) is 6.42 Å². The van der Waals surface area contributed by atoms with Crippen LogP contribution in [-0.4, -0.2) is 56.9 Å². The molecule has 1 fully saturated rings. The second-order valence-corrected chi connectivity index (χ2v) is 6.92. The molecule has 0 spiro atoms. The molecule has 158 valence electrons. The summed E-state index contributed by atoms with van der Waals surface area (Å²) in [6.07, 6.45) is 15.2. The van der Waals surface area contributed by atoms with Crippen molar-refractivity contribution < 1.29 is 30.0 Å². The molecule has 1 heterocycles. The topological polar surface area (TPSA) is 107 Å². The first-order valence-corrected chi connectivity index (χ1v) is 9.98. The van der Waals surface area contributed by atoms with Gasteiger partial charge in [-0.3, -0.25) is 4.79 Å². The average molecular weight is 395 g/mol. The van der Waals surface area contributed by atoms with Crippen LogP contribution in [0.25, 0.3) is 0 Å². The number of aliphatic hydroxyl groups is 3. The zero-order valence-electron chi connectivity index (χ0n) is 16.6. The predicted molar refractivity (Wildman–Crippen MR) is 109 cm³/mol. The van der Waals surface area contributed by atoms with E-state index in [2.05, 4.69) is 0 Å². The summed E-state index contributed by atoms with van der Waals surface area (Å²) < 4.78 is 5.72. The first kappa shape index (κ1) is 24.3. The summed E-state index contributed by atoms with van der Waals surface area (Å²) in [4.78, 5) is 10.4. The molecule has 1 saturated heterocycles. The number of carboxylic acid groups (broad SMARTS) is 1. The summed E-state index contributed by atoms with van der Waals surface area (Å²) in [5, 5.41) is 38.8. The molecule has 1 rings (SSSR count). The van der Waals surface area contributed by atoms with E-state index in [1.807, 2.05) is 43.4 Å². The first-order valence-electron chi connectivity index (χ1n) is 9.98. The molecule has 0 bridgehead atoms. The summed E-state index contributed by atoms with van der Waals surface area (Å²) >= 11 is 0. The first-order chi connectivity index (χ1) is 13.4. The normalized spacial score (nSPS) is 25.5. The molecule has 28 heavy (non-hydrogen) atoms. The third-order valence-electron chi connectivity index (χ3n) is 4.42. The number of aliphatic carboxylic acids is 1. The molecule has 0 radical (unpaired) electrons. The van der Waals surface area contributed by atoms with Gasteiger partial charge < -0.3 is 25.2 Å². The number of aliphatic hydroxyl groups excluding tert-OH is 3. The van der Waals surface area contributed by atoms with Gasteiger partial charge in [0.15, 0.2) is 0 Å². The minimum atomic E-state index is -0.807. The maximum atomic E-state index is 10.4. The quantitative estimate of drug-likeness (QED) is 0.358. The minimum absolute atomic E-state index is 0.127. The van der Waals surface area contributed by atoms with Crippen LogP contribution in [0.2, 0.25) is 0 Å². The van der Waals surface area contributed by atoms with E-state index in [4.69, 9.17) is 9.84 Å². The molecular formula is C22H34O6. The van der Waals surface area contributed by atoms with Crippen molar-refractivity contribution in [2.24, 2.45) is 0 Å². The van der Waals surface area contributed by atoms with Crippen LogP contribution in [0.3, 0.4) is 0 Å². The number of rotatable bonds is 13. The van der Waals surface area contributed by atoms with Gasteiger partial charge in [0.2, 0.25) is 0 Å². The molecule has 1 aliphatic rings. The van der Waals surface area contributed by atoms with E-state index in [0.717, 1.165) is 6.42 Å². The second-order valence-electron chi connectivity index (χ2n) is 6.92. The molecule has 0 amide bonds. The Morgan fingerprint density at radius 3 is 2.54 bits per heavy atom. The van der Waals surface area contributed by atoms with Crippen LogP contribution in [0.15, 0.2) is 48.6 Å². The fourth-order valence-electron chi connectivity index (χ4n) is 2.84. The SMILES string of the molecule is CC/C=C\C[C@H](O)/C=C/[C@H]1O[C@H]([C@H](O)C/C=C\C/C=C\CCC(=O)O)C[C@@H]1O. The standard InChI is InChI=1S/C22H34O6/c1-2-3-8-11-17(23)14-15-20-19(25)16-21(28-20)18(24)12-9-6-4-5-7-10-13-22(26)27/h3,5-9,14-15,17-21,23-25H,2,4,10-13,16H2,1H3,(H,26,27)/b7-5-,8-3-,9-6-,15-14+/t17-,18+,19-,20+,21-/m0/s1. The average Bonchev–Trinajstić information content (AvgIpc) is 3.03. The largest absolute Gasteiger partial charge is 0.481 e. The lowest BCUT2D eigenvalue weighted by Gasteiger charge is -2.16. The molecule has 0 aromatic heterocycles. The molecule has 0 aliphatic carbocycles. The summed E-state index contributed by atoms with van der Waals surface area (Å²) in [7, 11) is 0. The fraction of sp³-hybridized carbons (Fsp3) is 0.591. The summed E-state index contributed by atoms with van der Waals surface area (Å²) in [5.74, 6) is -0.807. The van der Waals surface area contributed by atoms with Crippen LogP contribution in [0.1, 0.15) is 51.9 Å². The van der Waals surface area contributed by atoms with Crippen molar-refractivity contribution in [1.29, 1.82) is 0 Å². The molecule has 6 heteroatoms. The highest BCUT2D eigenvalue weighted by Gasteiger charge is 2.35. The highest BCUT2D eigenvalue weighted by atomic mass is 16.5. The van der Waals surface area contributed by atoms with E-state index in [9.17, 15) is 20.1 Å². The number of hydrogen-bond donors (Lipinski definition) is 4. The van der Waals surface area contributed by atoms with Gasteiger partial charge in [0.25, 0.3) is 0 Å². The van der Waals surface area contributed by atoms with Gasteiger partial charge in [-0.05, 0) is 32.1 Å². The molecule has 6 nitrogen and oxygen atoms in total. The highest BCUT2D eigenvalue weighted by molar-refractivity contribution is 5.66. The molecular weight excluding hydrogens is 360 g/mol. The number of hydrogen-bond acceptors (Lipinski definition) is 5. The van der Waals surface area contributed by atoms with E-state index in [1.165, 1.54) is 0 Å². The molecule has 0 aromatic carbocycles. The third kappa shape index (κ3) is 10.6. The minimum Gasteiger partial charge on any atom is -0.481 e. The van der Waals surface area contributed by atoms with Gasteiger partial charge in [0.1, 0.15) is 6.10 Å². The van der Waals surface area contributed by atoms with E-state index < -0.39 is 36.5 Å². The van der Waals surface area contributed by atoms with Crippen LogP contribution in [0.5, 0.6) is 0 Å². The van der Waals surface area contributed by atoms with Gasteiger partial charge in [-0.1, -0.05) is 55.5 Å². The summed E-state index contributed by atoms with van der Waals surface area (Å²) in [6, 6.07) is 0. The van der Waals surface area contributed by atoms with Crippen molar-refractivity contribution >= 4 is 5.97 Å². The van der Waals surface area contributed by atoms with Crippen LogP contribution in [-0.2, 0) is 9.53 Å². The molecule has 5 atom stereocenters. The number of allylic oxidation sites excluding steroid dienone is 4. The molecule has 4 N–H and O–H groups in total. The lowest BCUT2D eigenvalue weighted by atomic mass is 10.0. The van der Waals surface area contributed by atoms with Crippen molar-refractivity contribution in [3.8, 4) is 0 Å². The monoisotopic (exact) mass is 394 g/mol. The second kappa shape index (κ2) is 14.3. The molecule has 0 aromatic rings. The molecule has 0 unspecified atom stereocenters. The Hall–Kier alpha value is -1.73. The van der Waals surface area contributed by atoms with E-state index in [0.29, 0.717) is 32.1 Å². The third-order valence-corrected chi connectivity index (χ3v) is 4.42. The summed E-state index contributed by atoms with van der Waals surface area (Å²) in [5.41, 5.74) is 0. The predicted octanol–water partition coefficient (Wildman–Crippen LogP) is 2.90. The Kier molecular flexibility index (Phi) is 12.4. The lowest BCUT2D eigenvalue weighted by molar-refractivity contribution is -0.136. The van der Waals surface area contributed by atoms with Crippen LogP contribution in [0.4, 0.5) is 0 Å². The van der Waals surface area contributed by atoms with Gasteiger partial charge in [0, 0.05) is 12.8 Å². The maximum Gasteiger partial charge on any atom is 0.303 e. The van der Waals surface area contributed by atoms with Gasteiger partial charge >= 0.3 is 5.97 Å². The Labute approximate surface area is 167 Å². The molecule has 0 saturated carbocycles. The lowest BCUT2D eigenvalue weighted by Crippen LogP contribution is -2.25. The van der Waals surface area contributed by atoms with Gasteiger partial charge in [0.05, 0.1) is 24.4 Å². The highest BCUT2D eigenvalue weighted by Crippen LogP contribution is 2.25. The van der Waals surface area contributed by atoms with E-state index in [1.54, 1.807) is 12.2 Å². The van der Waals surface area contributed by atoms with Crippen molar-refractivity contribution in [1.82, 2.24) is 0 Å². The van der Waals surface area contributed by atoms with Gasteiger partial charge in [-0.15, -0.1) is 0 Å². The molecule has 1 aliphatic heterocycles. The van der Waals surface area contributed by atoms with Crippen molar-refractivity contribution in [2.45, 2.75) is 82.4 Å². The zero-order valence-corrected chi connectivity index (χ0v) is 16.6. The van der Waals surface area contributed by atoms with Crippen molar-refractivity contribution in [3.63, 3.8) is 0 Å². The smallest absolute Gasteiger partial charge is 0.303 e. The Bertz CT molecular complexity index is 551. The van der Waals surface area contributed by atoms with Gasteiger partial charge in [-0.2, -0.15) is 0 Å². The van der Waals surface area contributed by atoms with Gasteiger partial charge in [-0.25, -0.2) is 0 Å².